The molecule has 0 aliphatic heterocycles. The molecule has 0 bridgehead atoms. The van der Waals surface area contributed by atoms with Crippen molar-refractivity contribution in [3.63, 3.8) is 0 Å². The average Bonchev–Trinajstić information content (AvgIpc) is 3.27. The summed E-state index contributed by atoms with van der Waals surface area (Å²) < 4.78 is 5.85. The molecule has 0 aromatic heterocycles. The van der Waals surface area contributed by atoms with E-state index < -0.39 is 6.04 Å². The van der Waals surface area contributed by atoms with Crippen LogP contribution >= 0.6 is 23.2 Å². The van der Waals surface area contributed by atoms with Gasteiger partial charge in [-0.25, -0.2) is 0 Å². The van der Waals surface area contributed by atoms with Gasteiger partial charge in [0.1, 0.15) is 11.8 Å². The largest absolute Gasteiger partial charge is 0.483 e. The molecule has 1 aliphatic rings. The molecule has 0 spiro atoms. The highest BCUT2D eigenvalue weighted by Gasteiger charge is 2.31. The number of rotatable bonds is 9. The Kier molecular flexibility index (Phi) is 9.04. The van der Waals surface area contributed by atoms with Crippen LogP contribution in [0.4, 0.5) is 0 Å². The van der Waals surface area contributed by atoms with Gasteiger partial charge in [0.15, 0.2) is 6.61 Å². The minimum atomic E-state index is -0.618. The molecule has 33 heavy (non-hydrogen) atoms. The third kappa shape index (κ3) is 6.87. The lowest BCUT2D eigenvalue weighted by molar-refractivity contribution is -0.143. The average molecular weight is 491 g/mol. The molecule has 3 rings (SSSR count). The predicted molar refractivity (Wildman–Crippen MR) is 133 cm³/mol. The monoisotopic (exact) mass is 490 g/mol. The van der Waals surface area contributed by atoms with E-state index >= 15 is 0 Å². The Labute approximate surface area is 206 Å². The van der Waals surface area contributed by atoms with Crippen molar-refractivity contribution in [2.24, 2.45) is 0 Å². The summed E-state index contributed by atoms with van der Waals surface area (Å²) in [7, 11) is 0. The van der Waals surface area contributed by atoms with E-state index in [1.54, 1.807) is 23.1 Å². The zero-order chi connectivity index (χ0) is 24.0. The maximum Gasteiger partial charge on any atom is 0.261 e. The Morgan fingerprint density at radius 1 is 1.12 bits per heavy atom. The topological polar surface area (TPSA) is 58.6 Å². The number of hydrogen-bond donors (Lipinski definition) is 1. The van der Waals surface area contributed by atoms with Crippen molar-refractivity contribution < 1.29 is 14.3 Å². The second kappa shape index (κ2) is 11.8. The number of benzene rings is 2. The van der Waals surface area contributed by atoms with Crippen molar-refractivity contribution in [2.45, 2.75) is 71.5 Å². The molecule has 1 aliphatic carbocycles. The Bertz CT molecular complexity index is 989. The van der Waals surface area contributed by atoms with Gasteiger partial charge in [-0.05, 0) is 62.4 Å². The first-order chi connectivity index (χ1) is 15.8. The highest BCUT2D eigenvalue weighted by atomic mass is 35.5. The highest BCUT2D eigenvalue weighted by molar-refractivity contribution is 6.35. The standard InChI is InChI=1S/C26H32Cl2N2O3/c1-4-23(26(32)29-21-7-5-6-8-21)30(15-19-10-11-20(27)14-22(19)28)25(31)16-33-24-12-9-17(2)13-18(24)3/h9-14,21,23H,4-8,15-16H2,1-3H3,(H,29,32). The van der Waals surface area contributed by atoms with Gasteiger partial charge < -0.3 is 15.0 Å². The Morgan fingerprint density at radius 3 is 2.48 bits per heavy atom. The summed E-state index contributed by atoms with van der Waals surface area (Å²) in [4.78, 5) is 28.1. The fraction of sp³-hybridized carbons (Fsp3) is 0.462. The molecule has 2 aromatic carbocycles. The van der Waals surface area contributed by atoms with E-state index in [9.17, 15) is 9.59 Å². The summed E-state index contributed by atoms with van der Waals surface area (Å²) in [5.41, 5.74) is 2.81. The lowest BCUT2D eigenvalue weighted by Crippen LogP contribution is -2.52. The van der Waals surface area contributed by atoms with Crippen LogP contribution in [-0.2, 0) is 16.1 Å². The van der Waals surface area contributed by atoms with E-state index in [2.05, 4.69) is 5.32 Å². The number of carbonyl (C=O) groups is 2. The second-order valence-electron chi connectivity index (χ2n) is 8.73. The molecule has 2 amide bonds. The number of nitrogens with zero attached hydrogens (tertiary/aromatic N) is 1. The van der Waals surface area contributed by atoms with Crippen LogP contribution in [0, 0.1) is 13.8 Å². The van der Waals surface area contributed by atoms with E-state index in [0.29, 0.717) is 22.2 Å². The lowest BCUT2D eigenvalue weighted by atomic mass is 10.1. The molecular formula is C26H32Cl2N2O3. The predicted octanol–water partition coefficient (Wildman–Crippen LogP) is 5.86. The fourth-order valence-corrected chi connectivity index (χ4v) is 4.77. The van der Waals surface area contributed by atoms with Gasteiger partial charge in [0.25, 0.3) is 5.91 Å². The van der Waals surface area contributed by atoms with E-state index in [-0.39, 0.29) is 31.0 Å². The minimum Gasteiger partial charge on any atom is -0.483 e. The normalized spacial score (nSPS) is 14.7. The summed E-state index contributed by atoms with van der Waals surface area (Å²) in [6, 6.07) is 10.5. The summed E-state index contributed by atoms with van der Waals surface area (Å²) in [6.45, 7) is 5.90. The highest BCUT2D eigenvalue weighted by Crippen LogP contribution is 2.25. The third-order valence-corrected chi connectivity index (χ3v) is 6.71. The summed E-state index contributed by atoms with van der Waals surface area (Å²) in [5, 5.41) is 4.12. The molecule has 0 radical (unpaired) electrons. The molecular weight excluding hydrogens is 459 g/mol. The number of halogens is 2. The summed E-state index contributed by atoms with van der Waals surface area (Å²) in [6.07, 6.45) is 4.69. The number of aryl methyl sites for hydroxylation is 2. The van der Waals surface area contributed by atoms with Crippen molar-refractivity contribution in [2.75, 3.05) is 6.61 Å². The molecule has 1 atom stereocenters. The van der Waals surface area contributed by atoms with Gasteiger partial charge in [0.2, 0.25) is 5.91 Å². The summed E-state index contributed by atoms with van der Waals surface area (Å²) in [5.74, 6) is 0.255. The van der Waals surface area contributed by atoms with Crippen molar-refractivity contribution in [3.8, 4) is 5.75 Å². The van der Waals surface area contributed by atoms with Crippen LogP contribution in [0.3, 0.4) is 0 Å². The van der Waals surface area contributed by atoms with Gasteiger partial charge >= 0.3 is 0 Å². The number of hydrogen-bond acceptors (Lipinski definition) is 3. The van der Waals surface area contributed by atoms with Crippen LogP contribution in [0.25, 0.3) is 0 Å². The zero-order valence-electron chi connectivity index (χ0n) is 19.5. The Hall–Kier alpha value is -2.24. The van der Waals surface area contributed by atoms with Gasteiger partial charge in [-0.15, -0.1) is 0 Å². The van der Waals surface area contributed by atoms with E-state index in [1.807, 2.05) is 39.0 Å². The van der Waals surface area contributed by atoms with Gasteiger partial charge in [0.05, 0.1) is 0 Å². The minimum absolute atomic E-state index is 0.130. The van der Waals surface area contributed by atoms with Crippen LogP contribution < -0.4 is 10.1 Å². The fourth-order valence-electron chi connectivity index (χ4n) is 4.30. The van der Waals surface area contributed by atoms with Crippen LogP contribution in [0.5, 0.6) is 5.75 Å². The van der Waals surface area contributed by atoms with Gasteiger partial charge in [-0.3, -0.25) is 9.59 Å². The first-order valence-corrected chi connectivity index (χ1v) is 12.3. The maximum atomic E-state index is 13.4. The van der Waals surface area contributed by atoms with Crippen LogP contribution in [0.15, 0.2) is 36.4 Å². The molecule has 1 saturated carbocycles. The van der Waals surface area contributed by atoms with Gasteiger partial charge in [0, 0.05) is 22.6 Å². The maximum absolute atomic E-state index is 13.4. The number of ether oxygens (including phenoxy) is 1. The smallest absolute Gasteiger partial charge is 0.261 e. The molecule has 5 nitrogen and oxygen atoms in total. The number of nitrogens with one attached hydrogen (secondary N) is 1. The second-order valence-corrected chi connectivity index (χ2v) is 9.57. The van der Waals surface area contributed by atoms with Gasteiger partial charge in [-0.1, -0.05) is 66.7 Å². The zero-order valence-corrected chi connectivity index (χ0v) is 21.0. The van der Waals surface area contributed by atoms with Gasteiger partial charge in [-0.2, -0.15) is 0 Å². The SMILES string of the molecule is CCC(C(=O)NC1CCCC1)N(Cc1ccc(Cl)cc1Cl)C(=O)COc1ccc(C)cc1C. The van der Waals surface area contributed by atoms with E-state index in [4.69, 9.17) is 27.9 Å². The summed E-state index contributed by atoms with van der Waals surface area (Å²) >= 11 is 12.4. The van der Waals surface area contributed by atoms with E-state index in [0.717, 1.165) is 42.4 Å². The lowest BCUT2D eigenvalue weighted by Gasteiger charge is -2.31. The molecule has 1 unspecified atom stereocenters. The third-order valence-electron chi connectivity index (χ3n) is 6.12. The molecule has 7 heteroatoms. The molecule has 1 N–H and O–H groups in total. The molecule has 0 saturated heterocycles. The Balaban J connectivity index is 1.80. The number of amides is 2. The van der Waals surface area contributed by atoms with Crippen LogP contribution in [-0.4, -0.2) is 35.4 Å². The van der Waals surface area contributed by atoms with Crippen molar-refractivity contribution >= 4 is 35.0 Å². The van der Waals surface area contributed by atoms with Crippen molar-refractivity contribution in [1.82, 2.24) is 10.2 Å². The molecule has 178 valence electrons. The van der Waals surface area contributed by atoms with Crippen molar-refractivity contribution in [1.29, 1.82) is 0 Å². The first kappa shape index (κ1) is 25.4. The van der Waals surface area contributed by atoms with Crippen LogP contribution in [0.1, 0.15) is 55.7 Å². The molecule has 2 aromatic rings. The Morgan fingerprint density at radius 2 is 1.85 bits per heavy atom. The van der Waals surface area contributed by atoms with Crippen LogP contribution in [0.2, 0.25) is 10.0 Å². The first-order valence-electron chi connectivity index (χ1n) is 11.5. The molecule has 0 heterocycles. The van der Waals surface area contributed by atoms with E-state index in [1.165, 1.54) is 0 Å². The quantitative estimate of drug-likeness (QED) is 0.479. The number of carbonyl (C=O) groups excluding carboxylic acids is 2. The van der Waals surface area contributed by atoms with Crippen molar-refractivity contribution in [3.05, 3.63) is 63.1 Å². The molecule has 1 fully saturated rings.